The first-order chi connectivity index (χ1) is 8.73. The number of carbonyl (C=O) groups excluding carboxylic acids is 3. The summed E-state index contributed by atoms with van der Waals surface area (Å²) < 4.78 is 0. The molecular formula is C13H25N3O3. The maximum atomic E-state index is 11.9. The molecule has 0 radical (unpaired) electrons. The Labute approximate surface area is 114 Å². The van der Waals surface area contributed by atoms with Gasteiger partial charge in [0.2, 0.25) is 17.7 Å². The van der Waals surface area contributed by atoms with Crippen LogP contribution in [0.4, 0.5) is 0 Å². The summed E-state index contributed by atoms with van der Waals surface area (Å²) in [5, 5.41) is 8.05. The highest BCUT2D eigenvalue weighted by Crippen LogP contribution is 1.95. The van der Waals surface area contributed by atoms with Crippen LogP contribution in [0.15, 0.2) is 0 Å². The fourth-order valence-electron chi connectivity index (χ4n) is 1.44. The maximum Gasteiger partial charge on any atom is 0.242 e. The zero-order valence-electron chi connectivity index (χ0n) is 12.4. The van der Waals surface area contributed by atoms with Crippen molar-refractivity contribution in [2.45, 2.75) is 53.1 Å². The van der Waals surface area contributed by atoms with E-state index in [1.165, 1.54) is 6.92 Å². The van der Waals surface area contributed by atoms with E-state index in [9.17, 15) is 14.4 Å². The lowest BCUT2D eigenvalue weighted by molar-refractivity contribution is -0.128. The van der Waals surface area contributed by atoms with Crippen molar-refractivity contribution in [1.82, 2.24) is 16.0 Å². The summed E-state index contributed by atoms with van der Waals surface area (Å²) in [6.45, 7) is 9.01. The topological polar surface area (TPSA) is 87.3 Å². The van der Waals surface area contributed by atoms with E-state index in [2.05, 4.69) is 16.0 Å². The summed E-state index contributed by atoms with van der Waals surface area (Å²) in [4.78, 5) is 34.3. The maximum absolute atomic E-state index is 11.9. The second-order valence-corrected chi connectivity index (χ2v) is 5.15. The number of amides is 3. The lowest BCUT2D eigenvalue weighted by Crippen LogP contribution is -2.49. The van der Waals surface area contributed by atoms with Crippen molar-refractivity contribution < 1.29 is 14.4 Å². The minimum absolute atomic E-state index is 0.00835. The molecule has 0 aromatic heterocycles. The Morgan fingerprint density at radius 2 is 1.53 bits per heavy atom. The third-order valence-corrected chi connectivity index (χ3v) is 2.38. The van der Waals surface area contributed by atoms with Gasteiger partial charge in [-0.15, -0.1) is 0 Å². The standard InChI is InChI=1S/C13H25N3O3/c1-8(2)12(18)14-7-6-11(16-10(5)17)13(19)15-9(3)4/h8-9,11H,6-7H2,1-5H3,(H,14,18)(H,15,19)(H,16,17)/t11-/m0/s1. The third-order valence-electron chi connectivity index (χ3n) is 2.38. The summed E-state index contributed by atoms with van der Waals surface area (Å²) in [5.41, 5.74) is 0. The van der Waals surface area contributed by atoms with Crippen molar-refractivity contribution in [3.05, 3.63) is 0 Å². The Kier molecular flexibility index (Phi) is 7.79. The monoisotopic (exact) mass is 271 g/mol. The molecule has 0 saturated carbocycles. The van der Waals surface area contributed by atoms with Gasteiger partial charge >= 0.3 is 0 Å². The van der Waals surface area contributed by atoms with Gasteiger partial charge < -0.3 is 16.0 Å². The normalized spacial score (nSPS) is 12.2. The van der Waals surface area contributed by atoms with Gasteiger partial charge in [-0.2, -0.15) is 0 Å². The molecule has 19 heavy (non-hydrogen) atoms. The molecule has 0 saturated heterocycles. The molecule has 0 spiro atoms. The average Bonchev–Trinajstić information content (AvgIpc) is 2.25. The van der Waals surface area contributed by atoms with Gasteiger partial charge in [-0.1, -0.05) is 13.8 Å². The van der Waals surface area contributed by atoms with E-state index in [0.29, 0.717) is 13.0 Å². The first kappa shape index (κ1) is 17.4. The Hall–Kier alpha value is -1.59. The summed E-state index contributed by atoms with van der Waals surface area (Å²) >= 11 is 0. The van der Waals surface area contributed by atoms with Crippen molar-refractivity contribution >= 4 is 17.7 Å². The number of rotatable bonds is 7. The highest BCUT2D eigenvalue weighted by atomic mass is 16.2. The molecule has 0 aliphatic heterocycles. The Morgan fingerprint density at radius 3 is 1.95 bits per heavy atom. The summed E-state index contributed by atoms with van der Waals surface area (Å²) in [5.74, 6) is -0.655. The Bertz CT molecular complexity index is 327. The highest BCUT2D eigenvalue weighted by molar-refractivity contribution is 5.87. The number of hydrogen-bond donors (Lipinski definition) is 3. The fourth-order valence-corrected chi connectivity index (χ4v) is 1.44. The van der Waals surface area contributed by atoms with Crippen molar-refractivity contribution in [3.8, 4) is 0 Å². The van der Waals surface area contributed by atoms with Gasteiger partial charge in [0.1, 0.15) is 6.04 Å². The molecule has 0 fully saturated rings. The second kappa shape index (κ2) is 8.50. The van der Waals surface area contributed by atoms with Crippen LogP contribution < -0.4 is 16.0 Å². The predicted molar refractivity (Wildman–Crippen MR) is 73.3 cm³/mol. The molecule has 0 aliphatic carbocycles. The lowest BCUT2D eigenvalue weighted by atomic mass is 10.1. The van der Waals surface area contributed by atoms with Crippen molar-refractivity contribution in [3.63, 3.8) is 0 Å². The van der Waals surface area contributed by atoms with E-state index in [-0.39, 0.29) is 29.7 Å². The van der Waals surface area contributed by atoms with Crippen LogP contribution in [0.25, 0.3) is 0 Å². The SMILES string of the molecule is CC(=O)N[C@@H](CCNC(=O)C(C)C)C(=O)NC(C)C. The molecule has 0 bridgehead atoms. The van der Waals surface area contributed by atoms with Crippen LogP contribution in [0.2, 0.25) is 0 Å². The summed E-state index contributed by atoms with van der Waals surface area (Å²) in [7, 11) is 0. The zero-order chi connectivity index (χ0) is 15.0. The minimum Gasteiger partial charge on any atom is -0.356 e. The van der Waals surface area contributed by atoms with Crippen LogP contribution in [0.3, 0.4) is 0 Å². The minimum atomic E-state index is -0.618. The molecular weight excluding hydrogens is 246 g/mol. The number of hydrogen-bond acceptors (Lipinski definition) is 3. The van der Waals surface area contributed by atoms with E-state index in [1.807, 2.05) is 13.8 Å². The van der Waals surface area contributed by atoms with Crippen molar-refractivity contribution in [2.24, 2.45) is 5.92 Å². The van der Waals surface area contributed by atoms with Gasteiger partial charge in [-0.25, -0.2) is 0 Å². The quantitative estimate of drug-likeness (QED) is 0.617. The molecule has 6 nitrogen and oxygen atoms in total. The molecule has 3 amide bonds. The van der Waals surface area contributed by atoms with Crippen LogP contribution >= 0.6 is 0 Å². The van der Waals surface area contributed by atoms with E-state index < -0.39 is 6.04 Å². The van der Waals surface area contributed by atoms with Crippen LogP contribution in [0.5, 0.6) is 0 Å². The predicted octanol–water partition coefficient (Wildman–Crippen LogP) is 0.178. The molecule has 1 atom stereocenters. The third kappa shape index (κ3) is 8.18. The molecule has 0 aromatic carbocycles. The number of carbonyl (C=O) groups is 3. The molecule has 0 rings (SSSR count). The largest absolute Gasteiger partial charge is 0.356 e. The van der Waals surface area contributed by atoms with Gasteiger partial charge in [-0.3, -0.25) is 14.4 Å². The highest BCUT2D eigenvalue weighted by Gasteiger charge is 2.20. The molecule has 110 valence electrons. The van der Waals surface area contributed by atoms with Crippen LogP contribution in [0, 0.1) is 5.92 Å². The molecule has 3 N–H and O–H groups in total. The first-order valence-electron chi connectivity index (χ1n) is 6.59. The zero-order valence-corrected chi connectivity index (χ0v) is 12.4. The Morgan fingerprint density at radius 1 is 0.947 bits per heavy atom. The summed E-state index contributed by atoms with van der Waals surface area (Å²) in [6, 6.07) is -0.610. The van der Waals surface area contributed by atoms with Crippen LogP contribution in [-0.4, -0.2) is 36.3 Å². The smallest absolute Gasteiger partial charge is 0.242 e. The molecule has 0 unspecified atom stereocenters. The Balaban J connectivity index is 4.32. The van der Waals surface area contributed by atoms with Gasteiger partial charge in [0.05, 0.1) is 0 Å². The molecule has 0 aromatic rings. The van der Waals surface area contributed by atoms with Gasteiger partial charge in [0, 0.05) is 25.4 Å². The molecule has 6 heteroatoms. The van der Waals surface area contributed by atoms with E-state index in [4.69, 9.17) is 0 Å². The molecule has 0 aliphatic rings. The van der Waals surface area contributed by atoms with Gasteiger partial charge in [-0.05, 0) is 20.3 Å². The fraction of sp³-hybridized carbons (Fsp3) is 0.769. The molecule has 0 heterocycles. The van der Waals surface area contributed by atoms with E-state index >= 15 is 0 Å². The van der Waals surface area contributed by atoms with Crippen LogP contribution in [0.1, 0.15) is 41.0 Å². The van der Waals surface area contributed by atoms with Crippen molar-refractivity contribution in [1.29, 1.82) is 0 Å². The van der Waals surface area contributed by atoms with Crippen molar-refractivity contribution in [2.75, 3.05) is 6.54 Å². The first-order valence-corrected chi connectivity index (χ1v) is 6.59. The van der Waals surface area contributed by atoms with Crippen LogP contribution in [-0.2, 0) is 14.4 Å². The van der Waals surface area contributed by atoms with E-state index in [1.54, 1.807) is 13.8 Å². The second-order valence-electron chi connectivity index (χ2n) is 5.15. The van der Waals surface area contributed by atoms with E-state index in [0.717, 1.165) is 0 Å². The number of nitrogens with one attached hydrogen (secondary N) is 3. The van der Waals surface area contributed by atoms with Gasteiger partial charge in [0.25, 0.3) is 0 Å². The lowest BCUT2D eigenvalue weighted by Gasteiger charge is -2.19. The average molecular weight is 271 g/mol. The van der Waals surface area contributed by atoms with Gasteiger partial charge in [0.15, 0.2) is 0 Å². The summed E-state index contributed by atoms with van der Waals surface area (Å²) in [6.07, 6.45) is 0.372.